The molecule has 130 valence electrons. The third-order valence-corrected chi connectivity index (χ3v) is 5.43. The zero-order chi connectivity index (χ0) is 18.0. The van der Waals surface area contributed by atoms with Crippen LogP contribution in [0.2, 0.25) is 10.0 Å². The number of halogens is 2. The van der Waals surface area contributed by atoms with Crippen LogP contribution in [0.3, 0.4) is 0 Å². The Labute approximate surface area is 164 Å². The Kier molecular flexibility index (Phi) is 5.86. The molecule has 0 saturated carbocycles. The zero-order valence-corrected chi connectivity index (χ0v) is 16.3. The van der Waals surface area contributed by atoms with E-state index < -0.39 is 0 Å². The Hall–Kier alpha value is -1.31. The summed E-state index contributed by atoms with van der Waals surface area (Å²) in [6, 6.07) is 8.71. The Morgan fingerprint density at radius 3 is 2.88 bits per heavy atom. The van der Waals surface area contributed by atoms with Crippen LogP contribution in [0, 0.1) is 0 Å². The van der Waals surface area contributed by atoms with Crippen molar-refractivity contribution in [1.29, 1.82) is 0 Å². The van der Waals surface area contributed by atoms with Gasteiger partial charge in [-0.3, -0.25) is 9.69 Å². The number of furan rings is 1. The van der Waals surface area contributed by atoms with Crippen molar-refractivity contribution >= 4 is 63.5 Å². The van der Waals surface area contributed by atoms with E-state index in [2.05, 4.69) is 0 Å². The third kappa shape index (κ3) is 4.10. The van der Waals surface area contributed by atoms with Gasteiger partial charge in [0.1, 0.15) is 15.8 Å². The fourth-order valence-corrected chi connectivity index (χ4v) is 3.94. The number of carbonyl (C=O) groups is 1. The van der Waals surface area contributed by atoms with Crippen LogP contribution >= 0.6 is 47.2 Å². The summed E-state index contributed by atoms with van der Waals surface area (Å²) in [5.41, 5.74) is 0.696. The summed E-state index contributed by atoms with van der Waals surface area (Å²) in [7, 11) is 1.58. The lowest BCUT2D eigenvalue weighted by Crippen LogP contribution is -2.31. The van der Waals surface area contributed by atoms with E-state index in [-0.39, 0.29) is 5.91 Å². The smallest absolute Gasteiger partial charge is 0.266 e. The van der Waals surface area contributed by atoms with Crippen molar-refractivity contribution in [1.82, 2.24) is 4.90 Å². The molecule has 3 rings (SSSR count). The standard InChI is InChI=1S/C17H13Cl2NO3S2/c1-22-7-6-20-16(21)15(25-17(20)24)9-11-3-5-14(23-11)12-8-10(18)2-4-13(12)19/h2-5,8-9H,6-7H2,1H3/b15-9+. The van der Waals surface area contributed by atoms with Gasteiger partial charge in [-0.1, -0.05) is 47.2 Å². The van der Waals surface area contributed by atoms with Gasteiger partial charge in [0.05, 0.1) is 23.1 Å². The largest absolute Gasteiger partial charge is 0.457 e. The first-order chi connectivity index (χ1) is 12.0. The van der Waals surface area contributed by atoms with Gasteiger partial charge in [-0.25, -0.2) is 0 Å². The van der Waals surface area contributed by atoms with E-state index in [0.717, 1.165) is 0 Å². The van der Waals surface area contributed by atoms with E-state index in [1.807, 2.05) is 0 Å². The fraction of sp³-hybridized carbons (Fsp3) is 0.176. The first-order valence-corrected chi connectivity index (χ1v) is 9.27. The summed E-state index contributed by atoms with van der Waals surface area (Å²) < 4.78 is 11.3. The second-order valence-corrected chi connectivity index (χ2v) is 7.67. The lowest BCUT2D eigenvalue weighted by atomic mass is 10.2. The summed E-state index contributed by atoms with van der Waals surface area (Å²) in [6.45, 7) is 0.859. The van der Waals surface area contributed by atoms with Gasteiger partial charge in [0.25, 0.3) is 5.91 Å². The second kappa shape index (κ2) is 7.93. The number of thiocarbonyl (C=S) groups is 1. The topological polar surface area (TPSA) is 42.7 Å². The van der Waals surface area contributed by atoms with Gasteiger partial charge in [0.2, 0.25) is 0 Å². The van der Waals surface area contributed by atoms with Crippen molar-refractivity contribution in [2.24, 2.45) is 0 Å². The number of hydrogen-bond acceptors (Lipinski definition) is 5. The lowest BCUT2D eigenvalue weighted by molar-refractivity contribution is -0.122. The predicted molar refractivity (Wildman–Crippen MR) is 106 cm³/mol. The minimum atomic E-state index is -0.147. The number of amides is 1. The molecule has 1 aliphatic rings. The molecule has 1 fully saturated rings. The molecule has 1 aromatic carbocycles. The van der Waals surface area contributed by atoms with Crippen LogP contribution in [0.25, 0.3) is 17.4 Å². The van der Waals surface area contributed by atoms with E-state index in [1.54, 1.807) is 43.5 Å². The van der Waals surface area contributed by atoms with Crippen molar-refractivity contribution in [3.63, 3.8) is 0 Å². The Balaban J connectivity index is 1.84. The van der Waals surface area contributed by atoms with Crippen LogP contribution in [-0.4, -0.2) is 35.4 Å². The van der Waals surface area contributed by atoms with Crippen molar-refractivity contribution in [2.45, 2.75) is 0 Å². The molecule has 0 aliphatic carbocycles. The minimum Gasteiger partial charge on any atom is -0.457 e. The molecule has 2 heterocycles. The van der Waals surface area contributed by atoms with Gasteiger partial charge < -0.3 is 9.15 Å². The van der Waals surface area contributed by atoms with Gasteiger partial charge in [0.15, 0.2) is 0 Å². The number of methoxy groups -OCH3 is 1. The van der Waals surface area contributed by atoms with E-state index in [1.165, 1.54) is 16.7 Å². The quantitative estimate of drug-likeness (QED) is 0.503. The van der Waals surface area contributed by atoms with Gasteiger partial charge >= 0.3 is 0 Å². The van der Waals surface area contributed by atoms with Gasteiger partial charge in [-0.2, -0.15) is 0 Å². The molecule has 8 heteroatoms. The van der Waals surface area contributed by atoms with Crippen molar-refractivity contribution in [3.05, 3.63) is 51.0 Å². The fourth-order valence-electron chi connectivity index (χ4n) is 2.27. The highest BCUT2D eigenvalue weighted by Gasteiger charge is 2.31. The number of nitrogens with zero attached hydrogens (tertiary/aromatic N) is 1. The predicted octanol–water partition coefficient (Wildman–Crippen LogP) is 5.10. The minimum absolute atomic E-state index is 0.147. The molecule has 4 nitrogen and oxygen atoms in total. The molecule has 2 aromatic rings. The van der Waals surface area contributed by atoms with Gasteiger partial charge in [0, 0.05) is 23.8 Å². The SMILES string of the molecule is COCCN1C(=O)/C(=C\c2ccc(-c3cc(Cl)ccc3Cl)o2)SC1=S. The molecule has 0 unspecified atom stereocenters. The monoisotopic (exact) mass is 413 g/mol. The van der Waals surface area contributed by atoms with Crippen LogP contribution in [0.5, 0.6) is 0 Å². The van der Waals surface area contributed by atoms with E-state index in [9.17, 15) is 4.79 Å². The van der Waals surface area contributed by atoms with Gasteiger partial charge in [-0.05, 0) is 30.3 Å². The van der Waals surface area contributed by atoms with Crippen molar-refractivity contribution in [3.8, 4) is 11.3 Å². The highest BCUT2D eigenvalue weighted by molar-refractivity contribution is 8.26. The van der Waals surface area contributed by atoms with Crippen LogP contribution in [0.15, 0.2) is 39.7 Å². The first-order valence-electron chi connectivity index (χ1n) is 7.29. The third-order valence-electron chi connectivity index (χ3n) is 3.49. The molecule has 0 N–H and O–H groups in total. The molecule has 25 heavy (non-hydrogen) atoms. The maximum absolute atomic E-state index is 12.4. The summed E-state index contributed by atoms with van der Waals surface area (Å²) in [5, 5.41) is 1.10. The highest BCUT2D eigenvalue weighted by atomic mass is 35.5. The number of rotatable bonds is 5. The average Bonchev–Trinajstić information content (AvgIpc) is 3.14. The normalized spacial score (nSPS) is 16.3. The molecule has 0 bridgehead atoms. The van der Waals surface area contributed by atoms with Crippen LogP contribution in [-0.2, 0) is 9.53 Å². The molecule has 0 spiro atoms. The maximum atomic E-state index is 12.4. The molecular formula is C17H13Cl2NO3S2. The highest BCUT2D eigenvalue weighted by Crippen LogP contribution is 2.35. The lowest BCUT2D eigenvalue weighted by Gasteiger charge is -2.12. The maximum Gasteiger partial charge on any atom is 0.266 e. The molecular weight excluding hydrogens is 401 g/mol. The van der Waals surface area contributed by atoms with E-state index in [4.69, 9.17) is 44.6 Å². The van der Waals surface area contributed by atoms with Crippen LogP contribution in [0.4, 0.5) is 0 Å². The van der Waals surface area contributed by atoms with E-state index >= 15 is 0 Å². The van der Waals surface area contributed by atoms with E-state index in [0.29, 0.717) is 49.5 Å². The Morgan fingerprint density at radius 2 is 2.12 bits per heavy atom. The molecule has 1 amide bonds. The molecule has 0 radical (unpaired) electrons. The molecule has 1 aliphatic heterocycles. The average molecular weight is 414 g/mol. The van der Waals surface area contributed by atoms with Gasteiger partial charge in [-0.15, -0.1) is 0 Å². The molecule has 1 saturated heterocycles. The summed E-state index contributed by atoms with van der Waals surface area (Å²) >= 11 is 18.7. The first kappa shape index (κ1) is 18.5. The summed E-state index contributed by atoms with van der Waals surface area (Å²) in [5.74, 6) is 0.970. The number of benzene rings is 1. The number of thioether (sulfide) groups is 1. The van der Waals surface area contributed by atoms with Crippen molar-refractivity contribution in [2.75, 3.05) is 20.3 Å². The second-order valence-electron chi connectivity index (χ2n) is 5.15. The Morgan fingerprint density at radius 1 is 1.32 bits per heavy atom. The summed E-state index contributed by atoms with van der Waals surface area (Å²) in [4.78, 5) is 14.4. The molecule has 0 atom stereocenters. The summed E-state index contributed by atoms with van der Waals surface area (Å²) in [6.07, 6.45) is 1.67. The Bertz CT molecular complexity index is 863. The number of hydrogen-bond donors (Lipinski definition) is 0. The zero-order valence-electron chi connectivity index (χ0n) is 13.1. The van der Waals surface area contributed by atoms with Crippen molar-refractivity contribution < 1.29 is 13.9 Å². The number of ether oxygens (including phenoxy) is 1. The molecule has 1 aromatic heterocycles. The van der Waals surface area contributed by atoms with Crippen LogP contribution in [0.1, 0.15) is 5.76 Å². The number of carbonyl (C=O) groups excluding carboxylic acids is 1. The van der Waals surface area contributed by atoms with Crippen LogP contribution < -0.4 is 0 Å².